The summed E-state index contributed by atoms with van der Waals surface area (Å²) in [6, 6.07) is 5.58. The van der Waals surface area contributed by atoms with E-state index in [0.29, 0.717) is 11.5 Å². The zero-order valence-corrected chi connectivity index (χ0v) is 13.5. The molecule has 2 heterocycles. The standard InChI is InChI=1S/C14H17N5O.2ClH/c15-11-5-4-10(9-11)14(20)18-12-3-1-6-16-13(12)19-8-2-7-17-19;;/h1-3,6-8,10-11H,4-5,9,15H2,(H,18,20);2*1H. The van der Waals surface area contributed by atoms with E-state index >= 15 is 0 Å². The molecule has 0 aromatic carbocycles. The number of hydrogen-bond donors (Lipinski definition) is 2. The lowest BCUT2D eigenvalue weighted by atomic mass is 10.1. The number of nitrogens with one attached hydrogen (secondary N) is 1. The van der Waals surface area contributed by atoms with E-state index in [-0.39, 0.29) is 42.7 Å². The van der Waals surface area contributed by atoms with Gasteiger partial charge in [-0.05, 0) is 37.5 Å². The number of nitrogens with two attached hydrogens (primary N) is 1. The van der Waals surface area contributed by atoms with Crippen molar-refractivity contribution in [1.82, 2.24) is 14.8 Å². The van der Waals surface area contributed by atoms with E-state index in [0.717, 1.165) is 19.3 Å². The smallest absolute Gasteiger partial charge is 0.227 e. The minimum absolute atomic E-state index is 0. The number of halogens is 2. The first-order valence-electron chi connectivity index (χ1n) is 6.75. The normalized spacial score (nSPS) is 19.9. The van der Waals surface area contributed by atoms with Crippen molar-refractivity contribution in [1.29, 1.82) is 0 Å². The Hall–Kier alpha value is -1.63. The molecule has 6 nitrogen and oxygen atoms in total. The number of aromatic nitrogens is 3. The third-order valence-corrected chi connectivity index (χ3v) is 3.61. The van der Waals surface area contributed by atoms with Gasteiger partial charge in [-0.15, -0.1) is 24.8 Å². The molecule has 8 heteroatoms. The van der Waals surface area contributed by atoms with Gasteiger partial charge in [0.05, 0.1) is 5.69 Å². The Morgan fingerprint density at radius 2 is 2.09 bits per heavy atom. The van der Waals surface area contributed by atoms with Crippen LogP contribution in [0.1, 0.15) is 19.3 Å². The van der Waals surface area contributed by atoms with E-state index in [2.05, 4.69) is 15.4 Å². The minimum atomic E-state index is -0.00400. The number of carbonyl (C=O) groups excluding carboxylic acids is 1. The zero-order valence-electron chi connectivity index (χ0n) is 11.9. The van der Waals surface area contributed by atoms with Crippen LogP contribution in [0.3, 0.4) is 0 Å². The molecule has 22 heavy (non-hydrogen) atoms. The molecule has 1 aliphatic rings. The van der Waals surface area contributed by atoms with Crippen LogP contribution in [-0.2, 0) is 4.79 Å². The van der Waals surface area contributed by atoms with Crippen LogP contribution < -0.4 is 11.1 Å². The van der Waals surface area contributed by atoms with Crippen LogP contribution >= 0.6 is 24.8 Å². The number of amides is 1. The second-order valence-electron chi connectivity index (χ2n) is 5.08. The van der Waals surface area contributed by atoms with Gasteiger partial charge in [0, 0.05) is 30.6 Å². The molecule has 1 saturated carbocycles. The highest BCUT2D eigenvalue weighted by atomic mass is 35.5. The van der Waals surface area contributed by atoms with E-state index in [1.807, 2.05) is 12.1 Å². The van der Waals surface area contributed by atoms with Gasteiger partial charge in [-0.1, -0.05) is 0 Å². The fourth-order valence-corrected chi connectivity index (χ4v) is 2.56. The van der Waals surface area contributed by atoms with Crippen molar-refractivity contribution in [3.63, 3.8) is 0 Å². The molecule has 2 unspecified atom stereocenters. The van der Waals surface area contributed by atoms with Gasteiger partial charge in [-0.25, -0.2) is 9.67 Å². The molecule has 2 atom stereocenters. The molecule has 3 rings (SSSR count). The van der Waals surface area contributed by atoms with Crippen LogP contribution in [0.25, 0.3) is 5.82 Å². The van der Waals surface area contributed by atoms with E-state index < -0.39 is 0 Å². The molecule has 2 aromatic heterocycles. The third-order valence-electron chi connectivity index (χ3n) is 3.61. The van der Waals surface area contributed by atoms with Crippen molar-refractivity contribution in [2.75, 3.05) is 5.32 Å². The van der Waals surface area contributed by atoms with Gasteiger partial charge in [0.2, 0.25) is 5.91 Å². The van der Waals surface area contributed by atoms with Gasteiger partial charge in [-0.3, -0.25) is 4.79 Å². The summed E-state index contributed by atoms with van der Waals surface area (Å²) in [7, 11) is 0. The van der Waals surface area contributed by atoms with Gasteiger partial charge >= 0.3 is 0 Å². The first-order valence-corrected chi connectivity index (χ1v) is 6.75. The van der Waals surface area contributed by atoms with E-state index in [1.54, 1.807) is 29.3 Å². The summed E-state index contributed by atoms with van der Waals surface area (Å²) in [6.45, 7) is 0. The summed E-state index contributed by atoms with van der Waals surface area (Å²) >= 11 is 0. The molecule has 1 aliphatic carbocycles. The van der Waals surface area contributed by atoms with Gasteiger partial charge in [0.15, 0.2) is 5.82 Å². The molecule has 0 radical (unpaired) electrons. The van der Waals surface area contributed by atoms with Gasteiger partial charge < -0.3 is 11.1 Å². The molecule has 2 aromatic rings. The largest absolute Gasteiger partial charge is 0.328 e. The van der Waals surface area contributed by atoms with E-state index in [1.165, 1.54) is 0 Å². The summed E-state index contributed by atoms with van der Waals surface area (Å²) in [5, 5.41) is 7.09. The number of anilines is 1. The van der Waals surface area contributed by atoms with E-state index in [4.69, 9.17) is 5.73 Å². The first kappa shape index (κ1) is 18.4. The van der Waals surface area contributed by atoms with Crippen molar-refractivity contribution in [2.45, 2.75) is 25.3 Å². The molecule has 120 valence electrons. The Morgan fingerprint density at radius 3 is 2.73 bits per heavy atom. The molecule has 0 aliphatic heterocycles. The Kier molecular flexibility index (Phi) is 6.80. The summed E-state index contributed by atoms with van der Waals surface area (Å²) in [5.41, 5.74) is 6.53. The number of rotatable bonds is 3. The third kappa shape index (κ3) is 3.97. The zero-order chi connectivity index (χ0) is 13.9. The monoisotopic (exact) mass is 343 g/mol. The SMILES string of the molecule is Cl.Cl.NC1CCC(C(=O)Nc2cccnc2-n2cccn2)C1. The quantitative estimate of drug-likeness (QED) is 0.894. The van der Waals surface area contributed by atoms with Gasteiger partial charge in [-0.2, -0.15) is 5.10 Å². The molecule has 0 saturated heterocycles. The van der Waals surface area contributed by atoms with Crippen molar-refractivity contribution in [2.24, 2.45) is 11.7 Å². The lowest BCUT2D eigenvalue weighted by molar-refractivity contribution is -0.119. The molecule has 3 N–H and O–H groups in total. The maximum absolute atomic E-state index is 12.3. The van der Waals surface area contributed by atoms with Crippen LogP contribution in [0.4, 0.5) is 5.69 Å². The van der Waals surface area contributed by atoms with Gasteiger partial charge in [0.25, 0.3) is 0 Å². The maximum Gasteiger partial charge on any atom is 0.227 e. The van der Waals surface area contributed by atoms with Gasteiger partial charge in [0.1, 0.15) is 0 Å². The average Bonchev–Trinajstić information content (AvgIpc) is 3.10. The van der Waals surface area contributed by atoms with Crippen LogP contribution in [0.15, 0.2) is 36.8 Å². The van der Waals surface area contributed by atoms with Crippen LogP contribution in [0.5, 0.6) is 0 Å². The summed E-state index contributed by atoms with van der Waals surface area (Å²) in [6.07, 6.45) is 7.67. The second kappa shape index (κ2) is 8.12. The highest BCUT2D eigenvalue weighted by molar-refractivity contribution is 5.94. The fourth-order valence-electron chi connectivity index (χ4n) is 2.56. The van der Waals surface area contributed by atoms with Crippen molar-refractivity contribution >= 4 is 36.4 Å². The molecule has 1 amide bonds. The lowest BCUT2D eigenvalue weighted by Crippen LogP contribution is -2.24. The van der Waals surface area contributed by atoms with Crippen molar-refractivity contribution < 1.29 is 4.79 Å². The molecule has 0 bridgehead atoms. The maximum atomic E-state index is 12.3. The molecular formula is C14H19Cl2N5O. The summed E-state index contributed by atoms with van der Waals surface area (Å²) in [4.78, 5) is 16.5. The topological polar surface area (TPSA) is 85.8 Å². The Labute approximate surface area is 141 Å². The number of pyridine rings is 1. The lowest BCUT2D eigenvalue weighted by Gasteiger charge is -2.13. The molecular weight excluding hydrogens is 325 g/mol. The Bertz CT molecular complexity index is 605. The number of carbonyl (C=O) groups is 1. The predicted molar refractivity (Wildman–Crippen MR) is 89.8 cm³/mol. The molecule has 0 spiro atoms. The highest BCUT2D eigenvalue weighted by Gasteiger charge is 2.28. The average molecular weight is 344 g/mol. The van der Waals surface area contributed by atoms with Crippen LogP contribution in [0.2, 0.25) is 0 Å². The number of nitrogens with zero attached hydrogens (tertiary/aromatic N) is 3. The van der Waals surface area contributed by atoms with Crippen LogP contribution in [0, 0.1) is 5.92 Å². The van der Waals surface area contributed by atoms with Crippen LogP contribution in [-0.4, -0.2) is 26.7 Å². The highest BCUT2D eigenvalue weighted by Crippen LogP contribution is 2.26. The summed E-state index contributed by atoms with van der Waals surface area (Å²) in [5.74, 6) is 0.628. The Balaban J connectivity index is 0.00000121. The first-order chi connectivity index (χ1) is 9.74. The van der Waals surface area contributed by atoms with Crippen molar-refractivity contribution in [3.05, 3.63) is 36.8 Å². The minimum Gasteiger partial charge on any atom is -0.328 e. The van der Waals surface area contributed by atoms with Crippen molar-refractivity contribution in [3.8, 4) is 5.82 Å². The molecule has 1 fully saturated rings. The Morgan fingerprint density at radius 1 is 1.27 bits per heavy atom. The predicted octanol–water partition coefficient (Wildman–Crippen LogP) is 2.18. The second-order valence-corrected chi connectivity index (χ2v) is 5.08. The van der Waals surface area contributed by atoms with E-state index in [9.17, 15) is 4.79 Å². The number of hydrogen-bond acceptors (Lipinski definition) is 4. The summed E-state index contributed by atoms with van der Waals surface area (Å²) < 4.78 is 1.63. The fraction of sp³-hybridized carbons (Fsp3) is 0.357.